The highest BCUT2D eigenvalue weighted by Gasteiger charge is 2.08. The number of aromatic hydroxyl groups is 2. The van der Waals surface area contributed by atoms with E-state index in [1.165, 1.54) is 0 Å². The van der Waals surface area contributed by atoms with Crippen molar-refractivity contribution in [1.29, 1.82) is 0 Å². The Morgan fingerprint density at radius 3 is 1.52 bits per heavy atom. The van der Waals surface area contributed by atoms with Crippen LogP contribution in [0.25, 0.3) is 12.2 Å². The van der Waals surface area contributed by atoms with E-state index >= 15 is 0 Å². The molecule has 0 saturated heterocycles. The molecule has 0 atom stereocenters. The maximum absolute atomic E-state index is 9.93. The third kappa shape index (κ3) is 3.00. The molecule has 0 fully saturated rings. The lowest BCUT2D eigenvalue weighted by molar-refractivity contribution is 0.469. The Bertz CT molecular complexity index is 650. The van der Waals surface area contributed by atoms with Crippen molar-refractivity contribution in [1.82, 2.24) is 0 Å². The number of phenolic OH excluding ortho intramolecular Hbond substituents is 2. The molecule has 21 heavy (non-hydrogen) atoms. The van der Waals surface area contributed by atoms with Crippen LogP contribution in [0, 0.1) is 13.8 Å². The van der Waals surface area contributed by atoms with Crippen LogP contribution in [-0.2, 0) is 6.42 Å². The lowest BCUT2D eigenvalue weighted by Crippen LogP contribution is -1.94. The lowest BCUT2D eigenvalue weighted by Gasteiger charge is -2.11. The zero-order valence-electron chi connectivity index (χ0n) is 12.5. The van der Waals surface area contributed by atoms with Crippen LogP contribution in [0.4, 0.5) is 0 Å². The van der Waals surface area contributed by atoms with Crippen LogP contribution >= 0.6 is 0 Å². The van der Waals surface area contributed by atoms with Gasteiger partial charge in [-0.05, 0) is 54.7 Å². The number of hydrogen-bond acceptors (Lipinski definition) is 2. The van der Waals surface area contributed by atoms with Crippen molar-refractivity contribution in [2.75, 3.05) is 0 Å². The Balaban J connectivity index is 2.43. The molecule has 0 unspecified atom stereocenters. The molecule has 0 radical (unpaired) electrons. The monoisotopic (exact) mass is 280 g/mol. The van der Waals surface area contributed by atoms with Gasteiger partial charge >= 0.3 is 0 Å². The van der Waals surface area contributed by atoms with Gasteiger partial charge in [0.15, 0.2) is 0 Å². The molecule has 2 N–H and O–H groups in total. The lowest BCUT2D eigenvalue weighted by atomic mass is 9.96. The zero-order valence-corrected chi connectivity index (χ0v) is 12.5. The van der Waals surface area contributed by atoms with Crippen molar-refractivity contribution in [2.45, 2.75) is 20.3 Å². The minimum absolute atomic E-state index is 0.280. The average Bonchev–Trinajstić information content (AvgIpc) is 2.46. The van der Waals surface area contributed by atoms with E-state index in [4.69, 9.17) is 0 Å². The summed E-state index contributed by atoms with van der Waals surface area (Å²) >= 11 is 0. The molecule has 108 valence electrons. The Hall–Kier alpha value is -2.48. The van der Waals surface area contributed by atoms with Crippen LogP contribution in [-0.4, -0.2) is 10.2 Å². The molecule has 0 amide bonds. The highest BCUT2D eigenvalue weighted by Crippen LogP contribution is 2.29. The fourth-order valence-corrected chi connectivity index (χ4v) is 2.52. The standard InChI is InChI=1S/C19H20O2/c1-5-16-10-14(7-12(3)18(16)20)9-15-8-13(4)19(21)17(6-2)11-15/h5-8,10-11,20-21H,1-2,9H2,3-4H3. The van der Waals surface area contributed by atoms with E-state index in [2.05, 4.69) is 13.2 Å². The first-order chi connectivity index (χ1) is 9.96. The predicted octanol–water partition coefficient (Wildman–Crippen LogP) is 4.59. The SMILES string of the molecule is C=Cc1cc(Cc2cc(C)c(O)c(C=C)c2)cc(C)c1O. The van der Waals surface area contributed by atoms with Crippen LogP contribution in [0.5, 0.6) is 11.5 Å². The second-order valence-electron chi connectivity index (χ2n) is 5.29. The first-order valence-corrected chi connectivity index (χ1v) is 6.86. The van der Waals surface area contributed by atoms with E-state index < -0.39 is 0 Å². The van der Waals surface area contributed by atoms with Crippen LogP contribution in [0.1, 0.15) is 33.4 Å². The third-order valence-electron chi connectivity index (χ3n) is 3.63. The molecule has 2 nitrogen and oxygen atoms in total. The van der Waals surface area contributed by atoms with Crippen molar-refractivity contribution in [3.63, 3.8) is 0 Å². The number of aryl methyl sites for hydroxylation is 2. The van der Waals surface area contributed by atoms with E-state index in [9.17, 15) is 10.2 Å². The normalized spacial score (nSPS) is 10.4. The van der Waals surface area contributed by atoms with E-state index in [-0.39, 0.29) is 11.5 Å². The van der Waals surface area contributed by atoms with Crippen molar-refractivity contribution >= 4 is 12.2 Å². The summed E-state index contributed by atoms with van der Waals surface area (Å²) in [7, 11) is 0. The summed E-state index contributed by atoms with van der Waals surface area (Å²) in [6.45, 7) is 11.2. The molecule has 2 aromatic rings. The Morgan fingerprint density at radius 2 is 1.19 bits per heavy atom. The van der Waals surface area contributed by atoms with Gasteiger partial charge in [0.1, 0.15) is 11.5 Å². The van der Waals surface area contributed by atoms with E-state index in [1.54, 1.807) is 12.2 Å². The largest absolute Gasteiger partial charge is 0.507 e. The first-order valence-electron chi connectivity index (χ1n) is 6.86. The van der Waals surface area contributed by atoms with E-state index in [0.717, 1.165) is 39.8 Å². The van der Waals surface area contributed by atoms with Gasteiger partial charge in [0.25, 0.3) is 0 Å². The second-order valence-corrected chi connectivity index (χ2v) is 5.29. The summed E-state index contributed by atoms with van der Waals surface area (Å²) in [6.07, 6.45) is 4.04. The predicted molar refractivity (Wildman–Crippen MR) is 88.7 cm³/mol. The van der Waals surface area contributed by atoms with Crippen molar-refractivity contribution in [2.24, 2.45) is 0 Å². The number of phenols is 2. The summed E-state index contributed by atoms with van der Waals surface area (Å²) in [5, 5.41) is 19.9. The van der Waals surface area contributed by atoms with Crippen molar-refractivity contribution in [3.8, 4) is 11.5 Å². The van der Waals surface area contributed by atoms with Gasteiger partial charge < -0.3 is 10.2 Å². The first kappa shape index (κ1) is 14.9. The quantitative estimate of drug-likeness (QED) is 0.859. The summed E-state index contributed by atoms with van der Waals surface area (Å²) < 4.78 is 0. The van der Waals surface area contributed by atoms with Crippen LogP contribution in [0.15, 0.2) is 37.4 Å². The van der Waals surface area contributed by atoms with Crippen molar-refractivity contribution < 1.29 is 10.2 Å². The third-order valence-corrected chi connectivity index (χ3v) is 3.63. The van der Waals surface area contributed by atoms with E-state index in [0.29, 0.717) is 0 Å². The van der Waals surface area contributed by atoms with Crippen LogP contribution < -0.4 is 0 Å². The fourth-order valence-electron chi connectivity index (χ4n) is 2.52. The fraction of sp³-hybridized carbons (Fsp3) is 0.158. The molecule has 0 aliphatic rings. The minimum Gasteiger partial charge on any atom is -0.507 e. The molecule has 0 aromatic heterocycles. The molecule has 0 aliphatic carbocycles. The van der Waals surface area contributed by atoms with Gasteiger partial charge in [0.2, 0.25) is 0 Å². The maximum Gasteiger partial charge on any atom is 0.125 e. The number of hydrogen-bond donors (Lipinski definition) is 2. The van der Waals surface area contributed by atoms with Gasteiger partial charge in [0.05, 0.1) is 0 Å². The van der Waals surface area contributed by atoms with Gasteiger partial charge in [-0.3, -0.25) is 0 Å². The molecule has 0 saturated carbocycles. The van der Waals surface area contributed by atoms with Gasteiger partial charge in [-0.1, -0.05) is 37.4 Å². The number of rotatable bonds is 4. The summed E-state index contributed by atoms with van der Waals surface area (Å²) in [5.41, 5.74) is 5.35. The Morgan fingerprint density at radius 1 is 0.810 bits per heavy atom. The molecule has 2 heteroatoms. The summed E-state index contributed by atoms with van der Waals surface area (Å²) in [6, 6.07) is 7.81. The van der Waals surface area contributed by atoms with Gasteiger partial charge in [-0.15, -0.1) is 0 Å². The zero-order chi connectivity index (χ0) is 15.6. The Labute approximate surface area is 125 Å². The van der Waals surface area contributed by atoms with Gasteiger partial charge in [-0.25, -0.2) is 0 Å². The molecule has 0 aliphatic heterocycles. The molecule has 0 spiro atoms. The topological polar surface area (TPSA) is 40.5 Å². The minimum atomic E-state index is 0.280. The molecule has 0 bridgehead atoms. The highest BCUT2D eigenvalue weighted by atomic mass is 16.3. The number of benzene rings is 2. The second kappa shape index (κ2) is 5.88. The highest BCUT2D eigenvalue weighted by molar-refractivity contribution is 5.61. The molecular weight excluding hydrogens is 260 g/mol. The summed E-state index contributed by atoms with van der Waals surface area (Å²) in [5.74, 6) is 0.560. The maximum atomic E-state index is 9.93. The van der Waals surface area contributed by atoms with Gasteiger partial charge in [0, 0.05) is 11.1 Å². The average molecular weight is 280 g/mol. The van der Waals surface area contributed by atoms with Crippen LogP contribution in [0.3, 0.4) is 0 Å². The smallest absolute Gasteiger partial charge is 0.125 e. The molecular formula is C19H20O2. The molecule has 0 heterocycles. The molecule has 2 aromatic carbocycles. The van der Waals surface area contributed by atoms with Crippen LogP contribution in [0.2, 0.25) is 0 Å². The Kier molecular flexibility index (Phi) is 4.18. The molecule has 2 rings (SSSR count). The summed E-state index contributed by atoms with van der Waals surface area (Å²) in [4.78, 5) is 0. The van der Waals surface area contributed by atoms with Gasteiger partial charge in [-0.2, -0.15) is 0 Å². The van der Waals surface area contributed by atoms with E-state index in [1.807, 2.05) is 38.1 Å². The van der Waals surface area contributed by atoms with Crippen molar-refractivity contribution in [3.05, 3.63) is 70.8 Å².